The van der Waals surface area contributed by atoms with Crippen LogP contribution in [0.15, 0.2) is 44.3 Å². The van der Waals surface area contributed by atoms with E-state index in [1.807, 2.05) is 0 Å². The first-order chi connectivity index (χ1) is 15.7. The van der Waals surface area contributed by atoms with Crippen molar-refractivity contribution in [3.05, 3.63) is 73.9 Å². The summed E-state index contributed by atoms with van der Waals surface area (Å²) in [6, 6.07) is 8.62. The minimum atomic E-state index is -0.688. The highest BCUT2D eigenvalue weighted by Gasteiger charge is 2.22. The molecule has 33 heavy (non-hydrogen) atoms. The lowest BCUT2D eigenvalue weighted by atomic mass is 10.1. The molecule has 0 fully saturated rings. The Morgan fingerprint density at radius 1 is 1.09 bits per heavy atom. The number of rotatable bonds is 5. The highest BCUT2D eigenvalue weighted by atomic mass is 16.5. The van der Waals surface area contributed by atoms with Gasteiger partial charge >= 0.3 is 11.7 Å². The van der Waals surface area contributed by atoms with Crippen molar-refractivity contribution in [1.82, 2.24) is 19.1 Å². The number of hydrogen-bond acceptors (Lipinski definition) is 8. The van der Waals surface area contributed by atoms with Gasteiger partial charge in [-0.2, -0.15) is 0 Å². The van der Waals surface area contributed by atoms with Crippen LogP contribution in [0, 0.1) is 13.8 Å². The van der Waals surface area contributed by atoms with Crippen LogP contribution in [0.1, 0.15) is 27.5 Å². The first-order valence-corrected chi connectivity index (χ1v) is 10.0. The van der Waals surface area contributed by atoms with E-state index in [2.05, 4.69) is 9.97 Å². The second kappa shape index (κ2) is 8.38. The molecular formula is C23H22N4O6. The fourth-order valence-electron chi connectivity index (χ4n) is 3.60. The van der Waals surface area contributed by atoms with Gasteiger partial charge in [0.1, 0.15) is 22.9 Å². The molecule has 0 unspecified atom stereocenters. The average molecular weight is 450 g/mol. The van der Waals surface area contributed by atoms with Crippen molar-refractivity contribution < 1.29 is 18.7 Å². The van der Waals surface area contributed by atoms with E-state index < -0.39 is 17.2 Å². The Morgan fingerprint density at radius 3 is 2.42 bits per heavy atom. The van der Waals surface area contributed by atoms with Crippen LogP contribution in [0.25, 0.3) is 22.5 Å². The number of oxazole rings is 1. The van der Waals surface area contributed by atoms with Crippen LogP contribution in [-0.2, 0) is 18.3 Å². The highest BCUT2D eigenvalue weighted by Crippen LogP contribution is 2.24. The van der Waals surface area contributed by atoms with E-state index in [1.165, 1.54) is 24.8 Å². The molecule has 0 amide bonds. The summed E-state index contributed by atoms with van der Waals surface area (Å²) in [7, 11) is 4.29. The van der Waals surface area contributed by atoms with Crippen molar-refractivity contribution in [3.8, 4) is 17.2 Å². The minimum absolute atomic E-state index is 0.00563. The van der Waals surface area contributed by atoms with E-state index in [1.54, 1.807) is 45.2 Å². The van der Waals surface area contributed by atoms with Gasteiger partial charge in [0.25, 0.3) is 5.56 Å². The molecule has 4 rings (SSSR count). The standard InChI is InChI=1S/C23H22N4O6/c1-12-10-16(22(29)32-5)18-19(24-12)26(3)23(30)27(21(18)28)11-17-13(2)33-20(25-17)14-6-8-15(31-4)9-7-14/h6-10H,11H2,1-5H3. The summed E-state index contributed by atoms with van der Waals surface area (Å²) in [5, 5.41) is 0.00563. The zero-order valence-electron chi connectivity index (χ0n) is 18.8. The number of fused-ring (bicyclic) bond motifs is 1. The molecule has 0 spiro atoms. The first kappa shape index (κ1) is 22.0. The molecule has 1 aromatic carbocycles. The zero-order chi connectivity index (χ0) is 23.9. The summed E-state index contributed by atoms with van der Waals surface area (Å²) in [5.74, 6) is 0.819. The molecule has 10 nitrogen and oxygen atoms in total. The van der Waals surface area contributed by atoms with Crippen LogP contribution in [-0.4, -0.2) is 39.3 Å². The number of methoxy groups -OCH3 is 2. The third-order valence-electron chi connectivity index (χ3n) is 5.37. The molecule has 0 aliphatic rings. The van der Waals surface area contributed by atoms with Crippen LogP contribution in [0.4, 0.5) is 0 Å². The number of nitrogens with zero attached hydrogens (tertiary/aromatic N) is 4. The Kier molecular flexibility index (Phi) is 5.59. The van der Waals surface area contributed by atoms with Gasteiger partial charge in [-0.1, -0.05) is 0 Å². The number of pyridine rings is 1. The van der Waals surface area contributed by atoms with E-state index in [0.717, 1.165) is 10.1 Å². The molecular weight excluding hydrogens is 428 g/mol. The van der Waals surface area contributed by atoms with Gasteiger partial charge in [0, 0.05) is 18.3 Å². The monoisotopic (exact) mass is 450 g/mol. The quantitative estimate of drug-likeness (QED) is 0.425. The van der Waals surface area contributed by atoms with E-state index >= 15 is 0 Å². The molecule has 0 bridgehead atoms. The molecule has 0 atom stereocenters. The lowest BCUT2D eigenvalue weighted by molar-refractivity contribution is 0.0602. The molecule has 3 heterocycles. The molecule has 0 N–H and O–H groups in total. The minimum Gasteiger partial charge on any atom is -0.497 e. The van der Waals surface area contributed by atoms with Crippen LogP contribution >= 0.6 is 0 Å². The maximum Gasteiger partial charge on any atom is 0.338 e. The molecule has 0 aliphatic carbocycles. The smallest absolute Gasteiger partial charge is 0.338 e. The third kappa shape index (κ3) is 3.79. The van der Waals surface area contributed by atoms with E-state index in [4.69, 9.17) is 13.9 Å². The van der Waals surface area contributed by atoms with Gasteiger partial charge in [-0.05, 0) is 44.2 Å². The Labute approximate surface area is 188 Å². The second-order valence-electron chi connectivity index (χ2n) is 7.48. The van der Waals surface area contributed by atoms with Crippen LogP contribution in [0.3, 0.4) is 0 Å². The number of carbonyl (C=O) groups excluding carboxylic acids is 1. The van der Waals surface area contributed by atoms with Gasteiger partial charge in [-0.3, -0.25) is 13.9 Å². The normalized spacial score (nSPS) is 11.1. The summed E-state index contributed by atoms with van der Waals surface area (Å²) in [6.07, 6.45) is 0. The fraction of sp³-hybridized carbons (Fsp3) is 0.261. The van der Waals surface area contributed by atoms with Crippen molar-refractivity contribution in [3.63, 3.8) is 0 Å². The number of ether oxygens (including phenoxy) is 2. The SMILES string of the molecule is COC(=O)c1cc(C)nc2c1c(=O)n(Cc1nc(-c3ccc(OC)cc3)oc1C)c(=O)n2C. The number of esters is 1. The van der Waals surface area contributed by atoms with Crippen LogP contribution in [0.2, 0.25) is 0 Å². The third-order valence-corrected chi connectivity index (χ3v) is 5.37. The molecule has 0 aliphatic heterocycles. The van der Waals surface area contributed by atoms with E-state index in [0.29, 0.717) is 28.8 Å². The lowest BCUT2D eigenvalue weighted by Gasteiger charge is -2.12. The summed E-state index contributed by atoms with van der Waals surface area (Å²) in [6.45, 7) is 3.24. The van der Waals surface area contributed by atoms with Gasteiger partial charge in [-0.15, -0.1) is 0 Å². The Morgan fingerprint density at radius 2 is 1.79 bits per heavy atom. The first-order valence-electron chi connectivity index (χ1n) is 10.0. The van der Waals surface area contributed by atoms with Crippen LogP contribution < -0.4 is 16.0 Å². The van der Waals surface area contributed by atoms with Gasteiger partial charge in [0.2, 0.25) is 5.89 Å². The highest BCUT2D eigenvalue weighted by molar-refractivity contribution is 6.02. The van der Waals surface area contributed by atoms with E-state index in [-0.39, 0.29) is 23.1 Å². The maximum atomic E-state index is 13.3. The Hall–Kier alpha value is -4.21. The van der Waals surface area contributed by atoms with Crippen molar-refractivity contribution in [2.45, 2.75) is 20.4 Å². The average Bonchev–Trinajstić information content (AvgIpc) is 3.19. The van der Waals surface area contributed by atoms with Crippen molar-refractivity contribution in [1.29, 1.82) is 0 Å². The lowest BCUT2D eigenvalue weighted by Crippen LogP contribution is -2.40. The number of benzene rings is 1. The van der Waals surface area contributed by atoms with Gasteiger partial charge in [0.05, 0.1) is 31.7 Å². The summed E-state index contributed by atoms with van der Waals surface area (Å²) in [4.78, 5) is 47.5. The topological polar surface area (TPSA) is 118 Å². The summed E-state index contributed by atoms with van der Waals surface area (Å²) >= 11 is 0. The van der Waals surface area contributed by atoms with E-state index in [9.17, 15) is 14.4 Å². The van der Waals surface area contributed by atoms with Gasteiger partial charge in [0.15, 0.2) is 0 Å². The predicted molar refractivity (Wildman–Crippen MR) is 120 cm³/mol. The second-order valence-corrected chi connectivity index (χ2v) is 7.48. The number of aromatic nitrogens is 4. The number of hydrogen-bond donors (Lipinski definition) is 0. The molecule has 10 heteroatoms. The van der Waals surface area contributed by atoms with Gasteiger partial charge in [-0.25, -0.2) is 19.6 Å². The van der Waals surface area contributed by atoms with Crippen molar-refractivity contribution in [2.75, 3.05) is 14.2 Å². The fourth-order valence-corrected chi connectivity index (χ4v) is 3.60. The summed E-state index contributed by atoms with van der Waals surface area (Å²) in [5.41, 5.74) is 0.522. The summed E-state index contributed by atoms with van der Waals surface area (Å²) < 4.78 is 18.0. The molecule has 0 radical (unpaired) electrons. The van der Waals surface area contributed by atoms with Crippen molar-refractivity contribution in [2.24, 2.45) is 7.05 Å². The van der Waals surface area contributed by atoms with Crippen LogP contribution in [0.5, 0.6) is 5.75 Å². The largest absolute Gasteiger partial charge is 0.497 e. The molecule has 0 saturated heterocycles. The molecule has 0 saturated carbocycles. The number of carbonyl (C=O) groups is 1. The van der Waals surface area contributed by atoms with Gasteiger partial charge < -0.3 is 13.9 Å². The van der Waals surface area contributed by atoms with Crippen molar-refractivity contribution >= 4 is 17.0 Å². The maximum absolute atomic E-state index is 13.3. The zero-order valence-corrected chi connectivity index (χ0v) is 18.8. The molecule has 170 valence electrons. The number of aryl methyl sites for hydroxylation is 3. The predicted octanol–water partition coefficient (Wildman–Crippen LogP) is 2.21. The molecule has 3 aromatic heterocycles. The Balaban J connectivity index is 1.85. The molecule has 4 aromatic rings. The Bertz CT molecular complexity index is 1490.